The van der Waals surface area contributed by atoms with Crippen LogP contribution in [-0.4, -0.2) is 34.3 Å². The molecule has 0 spiro atoms. The summed E-state index contributed by atoms with van der Waals surface area (Å²) in [4.78, 5) is 10.6. The van der Waals surface area contributed by atoms with Gasteiger partial charge in [0.2, 0.25) is 0 Å². The van der Waals surface area contributed by atoms with Crippen molar-refractivity contribution in [2.75, 3.05) is 5.88 Å². The molecule has 16 heavy (non-hydrogen) atoms. The molecule has 0 aliphatic carbocycles. The topological polar surface area (TPSA) is 69.6 Å². The Morgan fingerprint density at radius 1 is 1.38 bits per heavy atom. The molecule has 0 radical (unpaired) electrons. The lowest BCUT2D eigenvalue weighted by Gasteiger charge is -2.21. The Morgan fingerprint density at radius 3 is 2.50 bits per heavy atom. The third-order valence-electron chi connectivity index (χ3n) is 2.23. The highest BCUT2D eigenvalue weighted by Crippen LogP contribution is 2.07. The van der Waals surface area contributed by atoms with Crippen LogP contribution in [0.2, 0.25) is 0 Å². The van der Waals surface area contributed by atoms with Crippen LogP contribution in [0, 0.1) is 0 Å². The predicted molar refractivity (Wildman–Crippen MR) is 61.8 cm³/mol. The number of alkyl halides is 1. The second-order valence-electron chi connectivity index (χ2n) is 3.47. The third-order valence-corrected chi connectivity index (χ3v) is 2.55. The maximum absolute atomic E-state index is 10.6. The van der Waals surface area contributed by atoms with Gasteiger partial charge in [0.1, 0.15) is 0 Å². The predicted octanol–water partition coefficient (Wildman–Crippen LogP) is 1.46. The summed E-state index contributed by atoms with van der Waals surface area (Å²) >= 11 is 5.51. The summed E-state index contributed by atoms with van der Waals surface area (Å²) < 4.78 is 0. The van der Waals surface area contributed by atoms with Gasteiger partial charge in [0.25, 0.3) is 0 Å². The lowest BCUT2D eigenvalue weighted by atomic mass is 10.0. The summed E-state index contributed by atoms with van der Waals surface area (Å²) in [6.45, 7) is 0. The normalized spacial score (nSPS) is 14.1. The highest BCUT2D eigenvalue weighted by Gasteiger charge is 2.20. The van der Waals surface area contributed by atoms with E-state index in [1.165, 1.54) is 0 Å². The van der Waals surface area contributed by atoms with Crippen LogP contribution in [0.25, 0.3) is 0 Å². The van der Waals surface area contributed by atoms with Crippen LogP contribution in [0.5, 0.6) is 0 Å². The zero-order chi connectivity index (χ0) is 12.0. The van der Waals surface area contributed by atoms with Gasteiger partial charge in [-0.15, -0.1) is 11.6 Å². The van der Waals surface area contributed by atoms with Gasteiger partial charge in [-0.1, -0.05) is 30.3 Å². The smallest absolute Gasteiger partial charge is 0.404 e. The maximum Gasteiger partial charge on any atom is 0.404 e. The Balaban J connectivity index is 2.67. The Hall–Kier alpha value is -1.26. The van der Waals surface area contributed by atoms with Gasteiger partial charge in [0.15, 0.2) is 0 Å². The highest BCUT2D eigenvalue weighted by molar-refractivity contribution is 6.18. The lowest BCUT2D eigenvalue weighted by Crippen LogP contribution is -2.45. The monoisotopic (exact) mass is 243 g/mol. The summed E-state index contributed by atoms with van der Waals surface area (Å²) in [7, 11) is 0. The van der Waals surface area contributed by atoms with Gasteiger partial charge in [0.05, 0.1) is 18.0 Å². The number of aliphatic hydroxyl groups excluding tert-OH is 1. The Labute approximate surface area is 98.9 Å². The number of aliphatic hydroxyl groups is 1. The van der Waals surface area contributed by atoms with Gasteiger partial charge < -0.3 is 15.5 Å². The number of amides is 1. The average molecular weight is 244 g/mol. The number of hydrogen-bond acceptors (Lipinski definition) is 2. The first-order chi connectivity index (χ1) is 7.63. The molecule has 0 fully saturated rings. The standard InChI is InChI=1S/C11H14ClNO3/c12-7-10(14)9(13-11(15)16)6-8-4-2-1-3-5-8/h1-5,9-10,13-14H,6-7H2,(H,15,16)/t9?,10-/m0/s1. The van der Waals surface area contributed by atoms with Gasteiger partial charge in [-0.05, 0) is 12.0 Å². The van der Waals surface area contributed by atoms with E-state index in [1.807, 2.05) is 30.3 Å². The van der Waals surface area contributed by atoms with E-state index in [4.69, 9.17) is 16.7 Å². The quantitative estimate of drug-likeness (QED) is 0.686. The second-order valence-corrected chi connectivity index (χ2v) is 3.78. The second kappa shape index (κ2) is 6.35. The summed E-state index contributed by atoms with van der Waals surface area (Å²) in [6, 6.07) is 8.76. The first kappa shape index (κ1) is 12.8. The van der Waals surface area contributed by atoms with Crippen molar-refractivity contribution in [3.63, 3.8) is 0 Å². The Kier molecular flexibility index (Phi) is 5.08. The average Bonchev–Trinajstić information content (AvgIpc) is 2.28. The van der Waals surface area contributed by atoms with E-state index >= 15 is 0 Å². The number of rotatable bonds is 5. The lowest BCUT2D eigenvalue weighted by molar-refractivity contribution is 0.135. The van der Waals surface area contributed by atoms with Crippen LogP contribution in [0.1, 0.15) is 5.56 Å². The molecule has 1 aromatic carbocycles. The number of carboxylic acid groups (broad SMARTS) is 1. The van der Waals surface area contributed by atoms with Crippen molar-refractivity contribution in [1.82, 2.24) is 5.32 Å². The van der Waals surface area contributed by atoms with Gasteiger partial charge >= 0.3 is 6.09 Å². The fourth-order valence-electron chi connectivity index (χ4n) is 1.42. The molecule has 2 atom stereocenters. The molecule has 3 N–H and O–H groups in total. The van der Waals surface area contributed by atoms with Crippen LogP contribution in [-0.2, 0) is 6.42 Å². The Morgan fingerprint density at radius 2 is 2.00 bits per heavy atom. The maximum atomic E-state index is 10.6. The van der Waals surface area contributed by atoms with Crippen molar-refractivity contribution < 1.29 is 15.0 Å². The first-order valence-electron chi connectivity index (χ1n) is 4.91. The molecule has 88 valence electrons. The molecule has 5 heteroatoms. The van der Waals surface area contributed by atoms with Crippen molar-refractivity contribution in [2.45, 2.75) is 18.6 Å². The SMILES string of the molecule is O=C(O)NC(Cc1ccccc1)[C@@H](O)CCl. The molecule has 0 aliphatic heterocycles. The van der Waals surface area contributed by atoms with Crippen molar-refractivity contribution >= 4 is 17.7 Å². The summed E-state index contributed by atoms with van der Waals surface area (Å²) in [6.07, 6.45) is -1.64. The number of hydrogen-bond donors (Lipinski definition) is 3. The summed E-state index contributed by atoms with van der Waals surface area (Å²) in [5.41, 5.74) is 0.949. The fourth-order valence-corrected chi connectivity index (χ4v) is 1.63. The van der Waals surface area contributed by atoms with Gasteiger partial charge in [-0.3, -0.25) is 0 Å². The summed E-state index contributed by atoms with van der Waals surface area (Å²) in [5, 5.41) is 20.5. The highest BCUT2D eigenvalue weighted by atomic mass is 35.5. The van der Waals surface area contributed by atoms with E-state index in [0.29, 0.717) is 6.42 Å². The van der Waals surface area contributed by atoms with Gasteiger partial charge in [0, 0.05) is 0 Å². The van der Waals surface area contributed by atoms with E-state index in [2.05, 4.69) is 5.32 Å². The molecule has 0 saturated carbocycles. The van der Waals surface area contributed by atoms with Crippen molar-refractivity contribution in [3.8, 4) is 0 Å². The van der Waals surface area contributed by atoms with E-state index in [-0.39, 0.29) is 5.88 Å². The number of carbonyl (C=O) groups is 1. The largest absolute Gasteiger partial charge is 0.465 e. The molecule has 1 rings (SSSR count). The number of nitrogens with one attached hydrogen (secondary N) is 1. The minimum Gasteiger partial charge on any atom is -0.465 e. The molecule has 1 aromatic rings. The molecule has 0 aromatic heterocycles. The van der Waals surface area contributed by atoms with Crippen LogP contribution in [0.3, 0.4) is 0 Å². The van der Waals surface area contributed by atoms with E-state index in [9.17, 15) is 9.90 Å². The zero-order valence-corrected chi connectivity index (χ0v) is 9.39. The molecule has 0 heterocycles. The van der Waals surface area contributed by atoms with E-state index in [1.54, 1.807) is 0 Å². The summed E-state index contributed by atoms with van der Waals surface area (Å²) in [5.74, 6) is -0.00220. The van der Waals surface area contributed by atoms with Crippen LogP contribution in [0.15, 0.2) is 30.3 Å². The molecular formula is C11H14ClNO3. The van der Waals surface area contributed by atoms with Gasteiger partial charge in [-0.2, -0.15) is 0 Å². The first-order valence-corrected chi connectivity index (χ1v) is 5.44. The third kappa shape index (κ3) is 4.08. The van der Waals surface area contributed by atoms with E-state index in [0.717, 1.165) is 5.56 Å². The number of halogens is 1. The van der Waals surface area contributed by atoms with Crippen molar-refractivity contribution in [2.24, 2.45) is 0 Å². The van der Waals surface area contributed by atoms with Gasteiger partial charge in [-0.25, -0.2) is 4.79 Å². The molecule has 1 amide bonds. The van der Waals surface area contributed by atoms with Crippen LogP contribution < -0.4 is 5.32 Å². The zero-order valence-electron chi connectivity index (χ0n) is 8.64. The molecule has 4 nitrogen and oxygen atoms in total. The molecule has 0 aliphatic rings. The van der Waals surface area contributed by atoms with Crippen molar-refractivity contribution in [3.05, 3.63) is 35.9 Å². The molecular weight excluding hydrogens is 230 g/mol. The minimum atomic E-state index is -1.16. The number of benzene rings is 1. The molecule has 0 saturated heterocycles. The van der Waals surface area contributed by atoms with Crippen LogP contribution >= 0.6 is 11.6 Å². The van der Waals surface area contributed by atoms with Crippen LogP contribution in [0.4, 0.5) is 4.79 Å². The fraction of sp³-hybridized carbons (Fsp3) is 0.364. The van der Waals surface area contributed by atoms with E-state index < -0.39 is 18.2 Å². The van der Waals surface area contributed by atoms with Crippen molar-refractivity contribution in [1.29, 1.82) is 0 Å². The minimum absolute atomic E-state index is 0.00220. The molecule has 0 bridgehead atoms. The molecule has 1 unspecified atom stereocenters. The Bertz CT molecular complexity index is 331.